The van der Waals surface area contributed by atoms with E-state index < -0.39 is 0 Å². The Labute approximate surface area is 128 Å². The molecule has 1 aliphatic rings. The molecule has 0 spiro atoms. The van der Waals surface area contributed by atoms with E-state index in [0.29, 0.717) is 6.04 Å². The maximum absolute atomic E-state index is 6.26. The summed E-state index contributed by atoms with van der Waals surface area (Å²) in [4.78, 5) is 2.55. The van der Waals surface area contributed by atoms with Crippen molar-refractivity contribution in [1.29, 1.82) is 0 Å². The first-order valence-electron chi connectivity index (χ1n) is 7.74. The van der Waals surface area contributed by atoms with Crippen LogP contribution in [0.15, 0.2) is 24.3 Å². The summed E-state index contributed by atoms with van der Waals surface area (Å²) >= 11 is 5.99. The molecule has 2 N–H and O–H groups in total. The minimum absolute atomic E-state index is 0.131. The highest BCUT2D eigenvalue weighted by atomic mass is 35.5. The van der Waals surface area contributed by atoms with Crippen molar-refractivity contribution >= 4 is 11.6 Å². The molecule has 1 aromatic carbocycles. The van der Waals surface area contributed by atoms with Crippen LogP contribution < -0.4 is 5.73 Å². The molecule has 1 fully saturated rings. The first kappa shape index (κ1) is 15.8. The minimum Gasteiger partial charge on any atom is -0.326 e. The number of rotatable bonds is 4. The molecule has 1 heterocycles. The van der Waals surface area contributed by atoms with Crippen molar-refractivity contribution in [3.05, 3.63) is 34.9 Å². The first-order chi connectivity index (χ1) is 9.49. The Hall–Kier alpha value is -0.570. The fraction of sp³-hybridized carbons (Fsp3) is 0.647. The van der Waals surface area contributed by atoms with Gasteiger partial charge in [0.25, 0.3) is 0 Å². The Balaban J connectivity index is 2.09. The molecule has 20 heavy (non-hydrogen) atoms. The van der Waals surface area contributed by atoms with Crippen LogP contribution in [0.1, 0.15) is 45.2 Å². The van der Waals surface area contributed by atoms with E-state index in [-0.39, 0.29) is 6.04 Å². The van der Waals surface area contributed by atoms with Crippen LogP contribution in [0.5, 0.6) is 0 Å². The molecule has 1 saturated heterocycles. The Morgan fingerprint density at radius 1 is 1.10 bits per heavy atom. The summed E-state index contributed by atoms with van der Waals surface area (Å²) in [6.07, 6.45) is 2.57. The molecule has 1 aliphatic heterocycles. The molecule has 2 rings (SSSR count). The maximum atomic E-state index is 6.26. The summed E-state index contributed by atoms with van der Waals surface area (Å²) in [7, 11) is 0. The van der Waals surface area contributed by atoms with Crippen molar-refractivity contribution in [2.24, 2.45) is 17.6 Å². The lowest BCUT2D eigenvalue weighted by Crippen LogP contribution is -2.44. The van der Waals surface area contributed by atoms with E-state index in [2.05, 4.69) is 37.8 Å². The van der Waals surface area contributed by atoms with Gasteiger partial charge in [0.1, 0.15) is 0 Å². The number of hydrogen-bond donors (Lipinski definition) is 1. The molecule has 0 amide bonds. The average molecular weight is 295 g/mol. The third-order valence-electron chi connectivity index (χ3n) is 4.62. The van der Waals surface area contributed by atoms with Gasteiger partial charge in [0, 0.05) is 17.1 Å². The normalized spacial score (nSPS) is 21.1. The van der Waals surface area contributed by atoms with Crippen molar-refractivity contribution in [2.75, 3.05) is 13.1 Å². The number of benzene rings is 1. The van der Waals surface area contributed by atoms with Crippen LogP contribution in [0.4, 0.5) is 0 Å². The second-order valence-corrected chi connectivity index (χ2v) is 6.91. The molecule has 0 aliphatic carbocycles. The Morgan fingerprint density at radius 3 is 2.10 bits per heavy atom. The number of hydrogen-bond acceptors (Lipinski definition) is 2. The van der Waals surface area contributed by atoms with Gasteiger partial charge in [-0.25, -0.2) is 0 Å². The van der Waals surface area contributed by atoms with Gasteiger partial charge in [0.15, 0.2) is 0 Å². The van der Waals surface area contributed by atoms with Gasteiger partial charge in [0.05, 0.1) is 0 Å². The van der Waals surface area contributed by atoms with Gasteiger partial charge in [-0.05, 0) is 62.4 Å². The maximum Gasteiger partial charge on any atom is 0.0496 e. The molecule has 1 aromatic rings. The Bertz CT molecular complexity index is 406. The summed E-state index contributed by atoms with van der Waals surface area (Å²) in [6, 6.07) is 8.60. The fourth-order valence-electron chi connectivity index (χ4n) is 3.37. The molecular formula is C17H27ClN2. The van der Waals surface area contributed by atoms with Crippen LogP contribution in [-0.4, -0.2) is 24.0 Å². The van der Waals surface area contributed by atoms with Crippen molar-refractivity contribution in [3.8, 4) is 0 Å². The van der Waals surface area contributed by atoms with Gasteiger partial charge in [0.2, 0.25) is 0 Å². The van der Waals surface area contributed by atoms with E-state index in [1.165, 1.54) is 18.4 Å². The van der Waals surface area contributed by atoms with E-state index in [1.54, 1.807) is 0 Å². The summed E-state index contributed by atoms with van der Waals surface area (Å²) in [5, 5.41) is 0.788. The topological polar surface area (TPSA) is 29.3 Å². The number of likely N-dealkylation sites (tertiary alicyclic amines) is 1. The number of nitrogens with zero attached hydrogens (tertiary/aromatic N) is 1. The van der Waals surface area contributed by atoms with Crippen LogP contribution in [0.25, 0.3) is 0 Å². The van der Waals surface area contributed by atoms with Gasteiger partial charge >= 0.3 is 0 Å². The van der Waals surface area contributed by atoms with E-state index in [9.17, 15) is 0 Å². The molecule has 2 unspecified atom stereocenters. The minimum atomic E-state index is 0.131. The van der Waals surface area contributed by atoms with E-state index >= 15 is 0 Å². The number of nitrogens with two attached hydrogens (primary N) is 1. The quantitative estimate of drug-likeness (QED) is 0.906. The highest BCUT2D eigenvalue weighted by molar-refractivity contribution is 6.30. The smallest absolute Gasteiger partial charge is 0.0496 e. The Morgan fingerprint density at radius 2 is 1.65 bits per heavy atom. The molecule has 0 radical (unpaired) electrons. The van der Waals surface area contributed by atoms with Crippen LogP contribution >= 0.6 is 11.6 Å². The van der Waals surface area contributed by atoms with E-state index in [0.717, 1.165) is 29.9 Å². The van der Waals surface area contributed by atoms with Crippen molar-refractivity contribution < 1.29 is 0 Å². The van der Waals surface area contributed by atoms with Crippen LogP contribution in [0, 0.1) is 11.8 Å². The van der Waals surface area contributed by atoms with Crippen molar-refractivity contribution in [3.63, 3.8) is 0 Å². The lowest BCUT2D eigenvalue weighted by molar-refractivity contribution is 0.103. The van der Waals surface area contributed by atoms with Crippen molar-refractivity contribution in [1.82, 2.24) is 4.90 Å². The van der Waals surface area contributed by atoms with Crippen LogP contribution in [0.2, 0.25) is 5.02 Å². The average Bonchev–Trinajstić information content (AvgIpc) is 2.41. The zero-order valence-corrected chi connectivity index (χ0v) is 13.6. The third-order valence-corrected chi connectivity index (χ3v) is 4.87. The molecule has 112 valence electrons. The summed E-state index contributed by atoms with van der Waals surface area (Å²) < 4.78 is 0. The Kier molecular flexibility index (Phi) is 5.48. The highest BCUT2D eigenvalue weighted by Gasteiger charge is 2.29. The lowest BCUT2D eigenvalue weighted by Gasteiger charge is -2.40. The second kappa shape index (κ2) is 6.93. The van der Waals surface area contributed by atoms with Crippen LogP contribution in [0.3, 0.4) is 0 Å². The molecule has 2 nitrogen and oxygen atoms in total. The highest BCUT2D eigenvalue weighted by Crippen LogP contribution is 2.31. The first-order valence-corrected chi connectivity index (χ1v) is 8.12. The zero-order valence-electron chi connectivity index (χ0n) is 12.8. The predicted molar refractivity (Wildman–Crippen MR) is 87.0 cm³/mol. The van der Waals surface area contributed by atoms with Crippen LogP contribution in [-0.2, 0) is 0 Å². The lowest BCUT2D eigenvalue weighted by atomic mass is 9.85. The standard InChI is InChI=1S/C17H27ClN2/c1-12(2)14-8-10-20(11-9-14)17(13(3)19)15-4-6-16(18)7-5-15/h4-7,12-14,17H,8-11,19H2,1-3H3. The zero-order chi connectivity index (χ0) is 14.7. The summed E-state index contributed by atoms with van der Waals surface area (Å²) in [5.74, 6) is 1.66. The third kappa shape index (κ3) is 3.75. The van der Waals surface area contributed by atoms with Gasteiger partial charge in [-0.3, -0.25) is 4.90 Å². The number of halogens is 1. The van der Waals surface area contributed by atoms with Gasteiger partial charge in [-0.1, -0.05) is 37.6 Å². The second-order valence-electron chi connectivity index (χ2n) is 6.47. The van der Waals surface area contributed by atoms with Gasteiger partial charge < -0.3 is 5.73 Å². The summed E-state index contributed by atoms with van der Waals surface area (Å²) in [5.41, 5.74) is 7.54. The molecular weight excluding hydrogens is 268 g/mol. The SMILES string of the molecule is CC(C)C1CCN(C(c2ccc(Cl)cc2)C(C)N)CC1. The summed E-state index contributed by atoms with van der Waals surface area (Å²) in [6.45, 7) is 9.08. The number of piperidine rings is 1. The monoisotopic (exact) mass is 294 g/mol. The fourth-order valence-corrected chi connectivity index (χ4v) is 3.50. The van der Waals surface area contributed by atoms with Gasteiger partial charge in [-0.2, -0.15) is 0 Å². The predicted octanol–water partition coefficient (Wildman–Crippen LogP) is 4.10. The van der Waals surface area contributed by atoms with Crippen molar-refractivity contribution in [2.45, 2.75) is 45.7 Å². The molecule has 0 saturated carbocycles. The van der Waals surface area contributed by atoms with E-state index in [1.807, 2.05) is 12.1 Å². The molecule has 0 bridgehead atoms. The largest absolute Gasteiger partial charge is 0.326 e. The molecule has 0 aromatic heterocycles. The van der Waals surface area contributed by atoms with E-state index in [4.69, 9.17) is 17.3 Å². The molecule has 2 atom stereocenters. The van der Waals surface area contributed by atoms with Gasteiger partial charge in [-0.15, -0.1) is 0 Å². The molecule has 3 heteroatoms.